The van der Waals surface area contributed by atoms with E-state index in [2.05, 4.69) is 19.6 Å². The van der Waals surface area contributed by atoms with Crippen molar-refractivity contribution in [2.75, 3.05) is 0 Å². The maximum Gasteiger partial charge on any atom is 0.167 e. The molecule has 41 heavy (non-hydrogen) atoms. The average Bonchev–Trinajstić information content (AvgIpc) is 2.99. The molecule has 5 rings (SSSR count). The van der Waals surface area contributed by atoms with E-state index < -0.39 is 23.3 Å². The van der Waals surface area contributed by atoms with Crippen LogP contribution in [0.4, 0.5) is 17.6 Å². The fourth-order valence-electron chi connectivity index (χ4n) is 6.74. The molecule has 1 fully saturated rings. The number of aryl methyl sites for hydroxylation is 1. The van der Waals surface area contributed by atoms with Gasteiger partial charge in [-0.1, -0.05) is 80.4 Å². The third kappa shape index (κ3) is 6.52. The minimum Gasteiger partial charge on any atom is -0.203 e. The lowest BCUT2D eigenvalue weighted by Gasteiger charge is -2.34. The van der Waals surface area contributed by atoms with Gasteiger partial charge in [0.1, 0.15) is 0 Å². The second-order valence-electron chi connectivity index (χ2n) is 12.1. The zero-order valence-electron chi connectivity index (χ0n) is 24.0. The summed E-state index contributed by atoms with van der Waals surface area (Å²) in [7, 11) is 0. The van der Waals surface area contributed by atoms with E-state index in [0.29, 0.717) is 34.6 Å². The average molecular weight is 561 g/mol. The molecular weight excluding hydrogens is 520 g/mol. The summed E-state index contributed by atoms with van der Waals surface area (Å²) in [6.07, 6.45) is 14.8. The van der Waals surface area contributed by atoms with Crippen LogP contribution in [-0.4, -0.2) is 0 Å². The Balaban J connectivity index is 1.29. The number of hydrogen-bond donors (Lipinski definition) is 0. The Hall–Kier alpha value is -3.14. The topological polar surface area (TPSA) is 0 Å². The standard InChI is InChI=1S/C37H40F4/c1-3-4-5-6-7-30-20-21-31(35(39)34(30)38)28-16-18-29(19-17-28)33-23-22-32(36(40)37(33)41)27-14-12-26(13-15-27)25-10-8-24(2)9-11-25/h3,14,16-26H,1,4-13,15H2,2H3. The van der Waals surface area contributed by atoms with Crippen LogP contribution < -0.4 is 0 Å². The van der Waals surface area contributed by atoms with Gasteiger partial charge in [-0.05, 0) is 97.8 Å². The van der Waals surface area contributed by atoms with Crippen molar-refractivity contribution in [1.29, 1.82) is 0 Å². The number of unbranched alkanes of at least 4 members (excludes halogenated alkanes) is 2. The summed E-state index contributed by atoms with van der Waals surface area (Å²) in [6.45, 7) is 6.01. The zero-order chi connectivity index (χ0) is 28.9. The summed E-state index contributed by atoms with van der Waals surface area (Å²) in [5, 5.41) is 0. The fourth-order valence-corrected chi connectivity index (χ4v) is 6.74. The van der Waals surface area contributed by atoms with Crippen LogP contribution >= 0.6 is 0 Å². The van der Waals surface area contributed by atoms with Crippen molar-refractivity contribution >= 4 is 5.57 Å². The van der Waals surface area contributed by atoms with Gasteiger partial charge in [-0.2, -0.15) is 0 Å². The molecule has 1 saturated carbocycles. The number of rotatable bonds is 9. The highest BCUT2D eigenvalue weighted by atomic mass is 19.2. The van der Waals surface area contributed by atoms with Crippen LogP contribution in [0.2, 0.25) is 0 Å². The summed E-state index contributed by atoms with van der Waals surface area (Å²) < 4.78 is 60.3. The molecule has 0 radical (unpaired) electrons. The van der Waals surface area contributed by atoms with Crippen LogP contribution in [0, 0.1) is 41.0 Å². The first-order chi connectivity index (χ1) is 19.9. The van der Waals surface area contributed by atoms with Gasteiger partial charge in [0, 0.05) is 16.7 Å². The van der Waals surface area contributed by atoms with Gasteiger partial charge in [0.05, 0.1) is 0 Å². The monoisotopic (exact) mass is 560 g/mol. The molecule has 0 heterocycles. The normalized spacial score (nSPS) is 21.0. The second-order valence-corrected chi connectivity index (χ2v) is 12.1. The molecule has 4 heteroatoms. The van der Waals surface area contributed by atoms with Crippen LogP contribution in [0.3, 0.4) is 0 Å². The Morgan fingerprint density at radius 3 is 1.88 bits per heavy atom. The Kier molecular flexibility index (Phi) is 9.47. The van der Waals surface area contributed by atoms with Crippen LogP contribution in [0.5, 0.6) is 0 Å². The highest BCUT2D eigenvalue weighted by Gasteiger charge is 2.28. The molecule has 0 aliphatic heterocycles. The number of halogens is 4. The molecule has 2 aliphatic carbocycles. The maximum atomic E-state index is 15.3. The van der Waals surface area contributed by atoms with Crippen molar-refractivity contribution in [2.24, 2.45) is 17.8 Å². The van der Waals surface area contributed by atoms with Gasteiger partial charge in [-0.3, -0.25) is 0 Å². The first-order valence-corrected chi connectivity index (χ1v) is 15.2. The van der Waals surface area contributed by atoms with E-state index in [0.717, 1.165) is 55.9 Å². The lowest BCUT2D eigenvalue weighted by molar-refractivity contribution is 0.202. The number of allylic oxidation sites excluding steroid dienone is 3. The zero-order valence-corrected chi connectivity index (χ0v) is 24.0. The molecule has 3 aromatic carbocycles. The van der Waals surface area contributed by atoms with Gasteiger partial charge in [-0.15, -0.1) is 6.58 Å². The second kappa shape index (κ2) is 13.2. The summed E-state index contributed by atoms with van der Waals surface area (Å²) in [5.41, 5.74) is 2.87. The first kappa shape index (κ1) is 29.4. The summed E-state index contributed by atoms with van der Waals surface area (Å²) in [5.74, 6) is -1.18. The molecule has 0 aromatic heterocycles. The van der Waals surface area contributed by atoms with Gasteiger partial charge in [-0.25, -0.2) is 17.6 Å². The van der Waals surface area contributed by atoms with Gasteiger partial charge in [0.2, 0.25) is 0 Å². The molecule has 2 aliphatic rings. The molecule has 1 atom stereocenters. The van der Waals surface area contributed by atoms with Crippen molar-refractivity contribution in [1.82, 2.24) is 0 Å². The Morgan fingerprint density at radius 2 is 1.27 bits per heavy atom. The van der Waals surface area contributed by atoms with Crippen molar-refractivity contribution in [3.63, 3.8) is 0 Å². The number of hydrogen-bond acceptors (Lipinski definition) is 0. The molecule has 0 spiro atoms. The van der Waals surface area contributed by atoms with Gasteiger partial charge in [0.15, 0.2) is 23.3 Å². The van der Waals surface area contributed by atoms with Gasteiger partial charge in [0.25, 0.3) is 0 Å². The smallest absolute Gasteiger partial charge is 0.167 e. The van der Waals surface area contributed by atoms with Crippen molar-refractivity contribution in [3.05, 3.63) is 102 Å². The minimum absolute atomic E-state index is 0.149. The summed E-state index contributed by atoms with van der Waals surface area (Å²) >= 11 is 0. The van der Waals surface area contributed by atoms with E-state index in [4.69, 9.17) is 0 Å². The third-order valence-corrected chi connectivity index (χ3v) is 9.38. The van der Waals surface area contributed by atoms with E-state index in [-0.39, 0.29) is 11.1 Å². The molecule has 3 aromatic rings. The van der Waals surface area contributed by atoms with Gasteiger partial charge >= 0.3 is 0 Å². The maximum absolute atomic E-state index is 15.3. The van der Waals surface area contributed by atoms with Gasteiger partial charge < -0.3 is 0 Å². The van der Waals surface area contributed by atoms with Crippen molar-refractivity contribution in [2.45, 2.75) is 77.6 Å². The summed E-state index contributed by atoms with van der Waals surface area (Å²) in [6, 6.07) is 13.0. The molecule has 1 unspecified atom stereocenters. The lowest BCUT2D eigenvalue weighted by atomic mass is 9.71. The lowest BCUT2D eigenvalue weighted by Crippen LogP contribution is -2.22. The van der Waals surface area contributed by atoms with E-state index in [1.54, 1.807) is 48.5 Å². The van der Waals surface area contributed by atoms with Crippen molar-refractivity contribution < 1.29 is 17.6 Å². The van der Waals surface area contributed by atoms with E-state index in [1.165, 1.54) is 25.7 Å². The van der Waals surface area contributed by atoms with Crippen LogP contribution in [0.25, 0.3) is 27.8 Å². The quantitative estimate of drug-likeness (QED) is 0.139. The van der Waals surface area contributed by atoms with Crippen molar-refractivity contribution in [3.8, 4) is 22.3 Å². The van der Waals surface area contributed by atoms with E-state index in [1.807, 2.05) is 6.08 Å². The molecule has 0 saturated heterocycles. The Morgan fingerprint density at radius 1 is 0.683 bits per heavy atom. The fraction of sp³-hybridized carbons (Fsp3) is 0.405. The molecular formula is C37H40F4. The Bertz CT molecular complexity index is 1390. The molecule has 216 valence electrons. The largest absolute Gasteiger partial charge is 0.203 e. The highest BCUT2D eigenvalue weighted by Crippen LogP contribution is 2.42. The Labute approximate surface area is 242 Å². The molecule has 0 bridgehead atoms. The van der Waals surface area contributed by atoms with Crippen LogP contribution in [-0.2, 0) is 6.42 Å². The predicted molar refractivity (Wildman–Crippen MR) is 161 cm³/mol. The van der Waals surface area contributed by atoms with Crippen LogP contribution in [0.15, 0.2) is 67.3 Å². The molecule has 0 nitrogen and oxygen atoms in total. The third-order valence-electron chi connectivity index (χ3n) is 9.38. The molecule has 0 N–H and O–H groups in total. The first-order valence-electron chi connectivity index (χ1n) is 15.2. The van der Waals surface area contributed by atoms with E-state index >= 15 is 8.78 Å². The van der Waals surface area contributed by atoms with Crippen LogP contribution in [0.1, 0.15) is 82.3 Å². The predicted octanol–water partition coefficient (Wildman–Crippen LogP) is 11.5. The number of benzene rings is 3. The summed E-state index contributed by atoms with van der Waals surface area (Å²) in [4.78, 5) is 0. The minimum atomic E-state index is -0.887. The SMILES string of the molecule is C=CCCCCc1ccc(-c2ccc(-c3ccc(C4=CCC(C5CCC(C)CC5)CC4)c(F)c3F)cc2)c(F)c1F. The highest BCUT2D eigenvalue weighted by molar-refractivity contribution is 5.74. The van der Waals surface area contributed by atoms with E-state index in [9.17, 15) is 8.78 Å². The molecule has 0 amide bonds.